The van der Waals surface area contributed by atoms with Gasteiger partial charge in [0.05, 0.1) is 11.3 Å². The fourth-order valence-corrected chi connectivity index (χ4v) is 1.85. The normalized spacial score (nSPS) is 15.6. The number of nitrogens with zero attached hydrogens (tertiary/aromatic N) is 3. The number of pyridine rings is 1. The van der Waals surface area contributed by atoms with Crippen molar-refractivity contribution in [2.24, 2.45) is 0 Å². The fraction of sp³-hybridized carbons (Fsp3) is 0.455. The Bertz CT molecular complexity index is 373. The average molecular weight is 187 g/mol. The monoisotopic (exact) mass is 187 g/mol. The van der Waals surface area contributed by atoms with Crippen molar-refractivity contribution in [2.45, 2.75) is 19.8 Å². The highest BCUT2D eigenvalue weighted by atomic mass is 15.1. The Labute approximate surface area is 84.0 Å². The molecule has 72 valence electrons. The molecule has 1 aliphatic rings. The molecule has 0 unspecified atom stereocenters. The first-order valence-corrected chi connectivity index (χ1v) is 4.93. The van der Waals surface area contributed by atoms with Crippen molar-refractivity contribution in [3.63, 3.8) is 0 Å². The van der Waals surface area contributed by atoms with Crippen LogP contribution in [0.3, 0.4) is 0 Å². The van der Waals surface area contributed by atoms with E-state index in [0.717, 1.165) is 24.5 Å². The van der Waals surface area contributed by atoms with Gasteiger partial charge in [-0.1, -0.05) is 0 Å². The first-order valence-electron chi connectivity index (χ1n) is 4.93. The lowest BCUT2D eigenvalue weighted by Gasteiger charge is -2.18. The molecule has 1 aliphatic heterocycles. The van der Waals surface area contributed by atoms with Gasteiger partial charge in [-0.3, -0.25) is 4.98 Å². The van der Waals surface area contributed by atoms with Gasteiger partial charge in [0.2, 0.25) is 0 Å². The summed E-state index contributed by atoms with van der Waals surface area (Å²) in [5.41, 5.74) is 2.72. The van der Waals surface area contributed by atoms with E-state index in [1.54, 1.807) is 6.20 Å². The molecule has 1 fully saturated rings. The van der Waals surface area contributed by atoms with Crippen molar-refractivity contribution < 1.29 is 0 Å². The maximum absolute atomic E-state index is 8.95. The quantitative estimate of drug-likeness (QED) is 0.673. The minimum absolute atomic E-state index is 0.692. The molecule has 2 rings (SSSR count). The fourth-order valence-electron chi connectivity index (χ4n) is 1.85. The number of nitriles is 1. The molecule has 1 aromatic heterocycles. The SMILES string of the molecule is Cc1cc(N2CCCC2)c(C#N)cn1. The lowest BCUT2D eigenvalue weighted by molar-refractivity contribution is 0.949. The minimum Gasteiger partial charge on any atom is -0.370 e. The lowest BCUT2D eigenvalue weighted by Crippen LogP contribution is -2.19. The molecular formula is C11H13N3. The van der Waals surface area contributed by atoms with Gasteiger partial charge < -0.3 is 4.90 Å². The summed E-state index contributed by atoms with van der Waals surface area (Å²) in [6.45, 7) is 4.09. The highest BCUT2D eigenvalue weighted by Gasteiger charge is 2.15. The summed E-state index contributed by atoms with van der Waals surface area (Å²) in [5, 5.41) is 8.95. The maximum Gasteiger partial charge on any atom is 0.103 e. The highest BCUT2D eigenvalue weighted by molar-refractivity contribution is 5.59. The van der Waals surface area contributed by atoms with E-state index in [0.29, 0.717) is 5.56 Å². The molecule has 0 atom stereocenters. The van der Waals surface area contributed by atoms with E-state index in [9.17, 15) is 0 Å². The maximum atomic E-state index is 8.95. The van der Waals surface area contributed by atoms with Crippen molar-refractivity contribution in [2.75, 3.05) is 18.0 Å². The number of aromatic nitrogens is 1. The molecule has 3 nitrogen and oxygen atoms in total. The van der Waals surface area contributed by atoms with E-state index >= 15 is 0 Å². The molecule has 0 radical (unpaired) electrons. The molecular weight excluding hydrogens is 174 g/mol. The van der Waals surface area contributed by atoms with Crippen LogP contribution in [-0.4, -0.2) is 18.1 Å². The zero-order valence-corrected chi connectivity index (χ0v) is 8.32. The molecule has 0 amide bonds. The molecule has 1 aromatic rings. The van der Waals surface area contributed by atoms with Crippen molar-refractivity contribution in [1.82, 2.24) is 4.98 Å². The Morgan fingerprint density at radius 2 is 2.14 bits per heavy atom. The summed E-state index contributed by atoms with van der Waals surface area (Å²) in [5.74, 6) is 0. The van der Waals surface area contributed by atoms with E-state index in [2.05, 4.69) is 16.0 Å². The van der Waals surface area contributed by atoms with Gasteiger partial charge >= 0.3 is 0 Å². The Hall–Kier alpha value is -1.56. The first-order chi connectivity index (χ1) is 6.81. The average Bonchev–Trinajstić information content (AvgIpc) is 2.70. The van der Waals surface area contributed by atoms with Crippen molar-refractivity contribution in [1.29, 1.82) is 5.26 Å². The summed E-state index contributed by atoms with van der Waals surface area (Å²) >= 11 is 0. The molecule has 0 bridgehead atoms. The summed E-state index contributed by atoms with van der Waals surface area (Å²) in [7, 11) is 0. The van der Waals surface area contributed by atoms with Crippen LogP contribution in [0, 0.1) is 18.3 Å². The molecule has 0 aromatic carbocycles. The van der Waals surface area contributed by atoms with Crippen LogP contribution in [0.2, 0.25) is 0 Å². The van der Waals surface area contributed by atoms with Crippen LogP contribution in [0.1, 0.15) is 24.1 Å². The summed E-state index contributed by atoms with van der Waals surface area (Å²) in [6.07, 6.45) is 4.13. The van der Waals surface area contributed by atoms with Crippen LogP contribution in [0.25, 0.3) is 0 Å². The van der Waals surface area contributed by atoms with Crippen molar-refractivity contribution >= 4 is 5.69 Å². The number of aryl methyl sites for hydroxylation is 1. The Kier molecular flexibility index (Phi) is 2.36. The summed E-state index contributed by atoms with van der Waals surface area (Å²) < 4.78 is 0. The number of anilines is 1. The van der Waals surface area contributed by atoms with Gasteiger partial charge in [0.1, 0.15) is 6.07 Å². The van der Waals surface area contributed by atoms with Crippen LogP contribution in [0.4, 0.5) is 5.69 Å². The van der Waals surface area contributed by atoms with Gasteiger partial charge in [-0.25, -0.2) is 0 Å². The predicted molar refractivity (Wildman–Crippen MR) is 55.1 cm³/mol. The second-order valence-electron chi connectivity index (χ2n) is 3.65. The van der Waals surface area contributed by atoms with Crippen LogP contribution in [0.15, 0.2) is 12.3 Å². The zero-order chi connectivity index (χ0) is 9.97. The van der Waals surface area contributed by atoms with Gasteiger partial charge in [-0.05, 0) is 25.8 Å². The zero-order valence-electron chi connectivity index (χ0n) is 8.32. The molecule has 0 aliphatic carbocycles. The third-order valence-electron chi connectivity index (χ3n) is 2.59. The van der Waals surface area contributed by atoms with Crippen LogP contribution in [-0.2, 0) is 0 Å². The predicted octanol–water partition coefficient (Wildman–Crippen LogP) is 1.86. The van der Waals surface area contributed by atoms with E-state index in [1.807, 2.05) is 13.0 Å². The molecule has 0 saturated carbocycles. The summed E-state index contributed by atoms with van der Waals surface area (Å²) in [4.78, 5) is 6.40. The third kappa shape index (κ3) is 1.56. The van der Waals surface area contributed by atoms with Gasteiger partial charge in [0.25, 0.3) is 0 Å². The molecule has 0 N–H and O–H groups in total. The largest absolute Gasteiger partial charge is 0.370 e. The topological polar surface area (TPSA) is 39.9 Å². The minimum atomic E-state index is 0.692. The van der Waals surface area contributed by atoms with Crippen molar-refractivity contribution in [3.05, 3.63) is 23.5 Å². The standard InChI is InChI=1S/C11H13N3/c1-9-6-11(10(7-12)8-13-9)14-4-2-3-5-14/h6,8H,2-5H2,1H3. The van der Waals surface area contributed by atoms with E-state index in [1.165, 1.54) is 12.8 Å². The smallest absolute Gasteiger partial charge is 0.103 e. The Morgan fingerprint density at radius 3 is 2.79 bits per heavy atom. The van der Waals surface area contributed by atoms with Gasteiger partial charge in [-0.15, -0.1) is 0 Å². The number of hydrogen-bond acceptors (Lipinski definition) is 3. The molecule has 3 heteroatoms. The first kappa shape index (κ1) is 9.01. The van der Waals surface area contributed by atoms with Crippen LogP contribution < -0.4 is 4.90 Å². The van der Waals surface area contributed by atoms with Crippen LogP contribution in [0.5, 0.6) is 0 Å². The van der Waals surface area contributed by atoms with E-state index in [-0.39, 0.29) is 0 Å². The van der Waals surface area contributed by atoms with Crippen molar-refractivity contribution in [3.8, 4) is 6.07 Å². The second-order valence-corrected chi connectivity index (χ2v) is 3.65. The molecule has 0 spiro atoms. The second kappa shape index (κ2) is 3.67. The van der Waals surface area contributed by atoms with Gasteiger partial charge in [-0.2, -0.15) is 5.26 Å². The lowest BCUT2D eigenvalue weighted by atomic mass is 10.2. The van der Waals surface area contributed by atoms with E-state index in [4.69, 9.17) is 5.26 Å². The van der Waals surface area contributed by atoms with Gasteiger partial charge in [0, 0.05) is 25.0 Å². The molecule has 1 saturated heterocycles. The van der Waals surface area contributed by atoms with E-state index < -0.39 is 0 Å². The Morgan fingerprint density at radius 1 is 1.43 bits per heavy atom. The third-order valence-corrected chi connectivity index (χ3v) is 2.59. The number of hydrogen-bond donors (Lipinski definition) is 0. The molecule has 2 heterocycles. The molecule has 14 heavy (non-hydrogen) atoms. The van der Waals surface area contributed by atoms with Crippen LogP contribution >= 0.6 is 0 Å². The van der Waals surface area contributed by atoms with Gasteiger partial charge in [0.15, 0.2) is 0 Å². The number of rotatable bonds is 1. The highest BCUT2D eigenvalue weighted by Crippen LogP contribution is 2.23. The Balaban J connectivity index is 2.39. The summed E-state index contributed by atoms with van der Waals surface area (Å²) in [6, 6.07) is 4.20.